The zero-order chi connectivity index (χ0) is 18.2. The number of pyridine rings is 2. The number of nitrogens with zero attached hydrogens (tertiary/aromatic N) is 2. The van der Waals surface area contributed by atoms with Gasteiger partial charge in [-0.1, -0.05) is 0 Å². The zero-order valence-electron chi connectivity index (χ0n) is 13.5. The van der Waals surface area contributed by atoms with Crippen LogP contribution in [0.15, 0.2) is 42.5 Å². The summed E-state index contributed by atoms with van der Waals surface area (Å²) in [7, 11) is 0. The van der Waals surface area contributed by atoms with Gasteiger partial charge in [-0.25, -0.2) is 9.97 Å². The second-order valence-electron chi connectivity index (χ2n) is 5.68. The van der Waals surface area contributed by atoms with Crippen LogP contribution in [-0.4, -0.2) is 15.9 Å². The summed E-state index contributed by atoms with van der Waals surface area (Å²) in [5.41, 5.74) is 1.65. The third kappa shape index (κ3) is 3.60. The Labute approximate surface area is 141 Å². The number of amides is 1. The molecule has 0 saturated carbocycles. The van der Waals surface area contributed by atoms with Crippen molar-refractivity contribution in [1.82, 2.24) is 9.97 Å². The van der Waals surface area contributed by atoms with Crippen molar-refractivity contribution in [2.75, 3.05) is 5.32 Å². The lowest BCUT2D eigenvalue weighted by Gasteiger charge is -2.09. The van der Waals surface area contributed by atoms with E-state index in [1.54, 1.807) is 12.1 Å². The summed E-state index contributed by atoms with van der Waals surface area (Å²) in [5, 5.41) is 3.45. The topological polar surface area (TPSA) is 54.9 Å². The van der Waals surface area contributed by atoms with Gasteiger partial charge in [0.05, 0.1) is 5.56 Å². The number of hydrogen-bond acceptors (Lipinski definition) is 3. The lowest BCUT2D eigenvalue weighted by atomic mass is 10.1. The Hall–Kier alpha value is -2.96. The van der Waals surface area contributed by atoms with Crippen molar-refractivity contribution >= 4 is 22.8 Å². The molecule has 25 heavy (non-hydrogen) atoms. The zero-order valence-corrected chi connectivity index (χ0v) is 13.5. The van der Waals surface area contributed by atoms with Crippen LogP contribution in [0.25, 0.3) is 11.0 Å². The molecule has 1 amide bonds. The van der Waals surface area contributed by atoms with Crippen molar-refractivity contribution in [2.24, 2.45) is 0 Å². The summed E-state index contributed by atoms with van der Waals surface area (Å²) >= 11 is 0. The highest BCUT2D eigenvalue weighted by Crippen LogP contribution is 2.29. The van der Waals surface area contributed by atoms with Gasteiger partial charge in [-0.05, 0) is 61.9 Å². The second kappa shape index (κ2) is 6.16. The molecule has 0 spiro atoms. The van der Waals surface area contributed by atoms with Crippen LogP contribution in [0.5, 0.6) is 0 Å². The number of aromatic nitrogens is 2. The predicted molar refractivity (Wildman–Crippen MR) is 88.4 cm³/mol. The number of nitrogens with one attached hydrogen (secondary N) is 1. The van der Waals surface area contributed by atoms with E-state index in [4.69, 9.17) is 0 Å². The Kier molecular flexibility index (Phi) is 4.16. The summed E-state index contributed by atoms with van der Waals surface area (Å²) in [6.07, 6.45) is -4.43. The molecule has 128 valence electrons. The Morgan fingerprint density at radius 3 is 2.32 bits per heavy atom. The molecule has 2 heterocycles. The number of alkyl halides is 3. The molecule has 0 aliphatic heterocycles. The molecule has 2 aromatic heterocycles. The van der Waals surface area contributed by atoms with E-state index in [9.17, 15) is 18.0 Å². The summed E-state index contributed by atoms with van der Waals surface area (Å²) in [4.78, 5) is 20.8. The van der Waals surface area contributed by atoms with Gasteiger partial charge in [-0.15, -0.1) is 0 Å². The fourth-order valence-electron chi connectivity index (χ4n) is 2.50. The Morgan fingerprint density at radius 1 is 1.00 bits per heavy atom. The number of hydrogen-bond donors (Lipinski definition) is 1. The van der Waals surface area contributed by atoms with Crippen LogP contribution < -0.4 is 5.32 Å². The van der Waals surface area contributed by atoms with E-state index in [1.807, 2.05) is 19.9 Å². The molecule has 1 aromatic carbocycles. The predicted octanol–water partition coefficient (Wildman–Crippen LogP) is 4.52. The third-order valence-electron chi connectivity index (χ3n) is 3.72. The molecule has 0 atom stereocenters. The average Bonchev–Trinajstić information content (AvgIpc) is 2.53. The van der Waals surface area contributed by atoms with E-state index in [2.05, 4.69) is 15.3 Å². The average molecular weight is 345 g/mol. The monoisotopic (exact) mass is 345 g/mol. The number of anilines is 1. The maximum absolute atomic E-state index is 12.6. The Bertz CT molecular complexity index is 950. The summed E-state index contributed by atoms with van der Waals surface area (Å²) < 4.78 is 37.7. The summed E-state index contributed by atoms with van der Waals surface area (Å²) in [6.45, 7) is 3.79. The van der Waals surface area contributed by atoms with Crippen molar-refractivity contribution in [1.29, 1.82) is 0 Å². The third-order valence-corrected chi connectivity index (χ3v) is 3.72. The smallest absolute Gasteiger partial charge is 0.306 e. The molecular weight excluding hydrogens is 331 g/mol. The molecule has 1 N–H and O–H groups in total. The first-order valence-corrected chi connectivity index (χ1v) is 7.47. The Morgan fingerprint density at radius 2 is 1.68 bits per heavy atom. The van der Waals surface area contributed by atoms with Gasteiger partial charge in [0.15, 0.2) is 5.65 Å². The van der Waals surface area contributed by atoms with Crippen molar-refractivity contribution < 1.29 is 18.0 Å². The molecule has 4 nitrogen and oxygen atoms in total. The van der Waals surface area contributed by atoms with E-state index in [0.29, 0.717) is 5.65 Å². The van der Waals surface area contributed by atoms with E-state index in [0.717, 1.165) is 40.9 Å². The molecule has 0 fully saturated rings. The highest BCUT2D eigenvalue weighted by atomic mass is 19.4. The highest BCUT2D eigenvalue weighted by molar-refractivity contribution is 6.04. The standard InChI is InChI=1S/C18H14F3N3O/c1-10-9-11(2)22-16-14(10)7-8-15(23-16)24-17(25)12-3-5-13(6-4-12)18(19,20)21/h3-9H,1-2H3,(H,22,23,24,25). The van der Waals surface area contributed by atoms with E-state index in [1.165, 1.54) is 0 Å². The van der Waals surface area contributed by atoms with Crippen molar-refractivity contribution in [3.63, 3.8) is 0 Å². The first-order valence-electron chi connectivity index (χ1n) is 7.47. The summed E-state index contributed by atoms with van der Waals surface area (Å²) in [6, 6.07) is 9.37. The van der Waals surface area contributed by atoms with Crippen LogP contribution in [-0.2, 0) is 6.18 Å². The van der Waals surface area contributed by atoms with Crippen LogP contribution in [0.4, 0.5) is 19.0 Å². The minimum atomic E-state index is -4.43. The number of benzene rings is 1. The summed E-state index contributed by atoms with van der Waals surface area (Å²) in [5.74, 6) is -0.250. The maximum atomic E-state index is 12.6. The number of carbonyl (C=O) groups is 1. The number of carbonyl (C=O) groups excluding carboxylic acids is 1. The lowest BCUT2D eigenvalue weighted by molar-refractivity contribution is -0.137. The molecule has 0 bridgehead atoms. The van der Waals surface area contributed by atoms with Gasteiger partial charge >= 0.3 is 6.18 Å². The maximum Gasteiger partial charge on any atom is 0.416 e. The van der Waals surface area contributed by atoms with Gasteiger partial charge < -0.3 is 5.32 Å². The molecule has 0 radical (unpaired) electrons. The van der Waals surface area contributed by atoms with Gasteiger partial charge in [0, 0.05) is 16.6 Å². The molecular formula is C18H14F3N3O. The second-order valence-corrected chi connectivity index (χ2v) is 5.68. The van der Waals surface area contributed by atoms with Crippen molar-refractivity contribution in [2.45, 2.75) is 20.0 Å². The number of halogens is 3. The number of fused-ring (bicyclic) bond motifs is 1. The van der Waals surface area contributed by atoms with E-state index >= 15 is 0 Å². The quantitative estimate of drug-likeness (QED) is 0.743. The molecule has 0 aliphatic rings. The van der Waals surface area contributed by atoms with Crippen LogP contribution in [0.1, 0.15) is 27.2 Å². The van der Waals surface area contributed by atoms with E-state index < -0.39 is 17.6 Å². The molecule has 0 saturated heterocycles. The fraction of sp³-hybridized carbons (Fsp3) is 0.167. The SMILES string of the molecule is Cc1cc(C)c2ccc(NC(=O)c3ccc(C(F)(F)F)cc3)nc2n1. The Balaban J connectivity index is 1.84. The first kappa shape index (κ1) is 16.9. The van der Waals surface area contributed by atoms with Crippen molar-refractivity contribution in [3.05, 3.63) is 64.8 Å². The highest BCUT2D eigenvalue weighted by Gasteiger charge is 2.30. The van der Waals surface area contributed by atoms with Crippen LogP contribution >= 0.6 is 0 Å². The minimum absolute atomic E-state index is 0.114. The number of rotatable bonds is 2. The lowest BCUT2D eigenvalue weighted by Crippen LogP contribution is -2.14. The largest absolute Gasteiger partial charge is 0.416 e. The van der Waals surface area contributed by atoms with Gasteiger partial charge in [-0.3, -0.25) is 4.79 Å². The van der Waals surface area contributed by atoms with Gasteiger partial charge in [-0.2, -0.15) is 13.2 Å². The van der Waals surface area contributed by atoms with Crippen LogP contribution in [0.3, 0.4) is 0 Å². The molecule has 3 aromatic rings. The van der Waals surface area contributed by atoms with Gasteiger partial charge in [0.2, 0.25) is 0 Å². The molecule has 0 unspecified atom stereocenters. The number of aryl methyl sites for hydroxylation is 2. The van der Waals surface area contributed by atoms with Crippen LogP contribution in [0, 0.1) is 13.8 Å². The van der Waals surface area contributed by atoms with Gasteiger partial charge in [0.25, 0.3) is 5.91 Å². The first-order chi connectivity index (χ1) is 11.7. The normalized spacial score (nSPS) is 11.6. The molecule has 7 heteroatoms. The van der Waals surface area contributed by atoms with Crippen molar-refractivity contribution in [3.8, 4) is 0 Å². The molecule has 0 aliphatic carbocycles. The fourth-order valence-corrected chi connectivity index (χ4v) is 2.50. The molecule has 3 rings (SSSR count). The van der Waals surface area contributed by atoms with Crippen LogP contribution in [0.2, 0.25) is 0 Å². The minimum Gasteiger partial charge on any atom is -0.306 e. The van der Waals surface area contributed by atoms with Gasteiger partial charge in [0.1, 0.15) is 5.82 Å². The van der Waals surface area contributed by atoms with E-state index in [-0.39, 0.29) is 11.4 Å².